The normalized spacial score (nSPS) is 21.1. The summed E-state index contributed by atoms with van der Waals surface area (Å²) in [5.74, 6) is -0.560. The summed E-state index contributed by atoms with van der Waals surface area (Å²) in [6.07, 6.45) is 4.86. The maximum atomic E-state index is 13.3. The number of thiophene rings is 1. The lowest BCUT2D eigenvalue weighted by Crippen LogP contribution is -2.46. The molecule has 1 fully saturated rings. The molecule has 2 N–H and O–H groups in total. The van der Waals surface area contributed by atoms with Crippen LogP contribution in [0.5, 0.6) is 0 Å². The number of amides is 3. The van der Waals surface area contributed by atoms with Crippen LogP contribution >= 0.6 is 11.3 Å². The molecule has 3 amide bonds. The van der Waals surface area contributed by atoms with Crippen LogP contribution in [0.4, 0.5) is 4.79 Å². The van der Waals surface area contributed by atoms with Crippen LogP contribution in [-0.4, -0.2) is 34.2 Å². The van der Waals surface area contributed by atoms with E-state index in [1.807, 2.05) is 29.6 Å². The summed E-state index contributed by atoms with van der Waals surface area (Å²) in [6.45, 7) is 1.81. The molecule has 1 spiro atoms. The first-order valence-electron chi connectivity index (χ1n) is 9.88. The number of imide groups is 1. The minimum atomic E-state index is -1.01. The van der Waals surface area contributed by atoms with Gasteiger partial charge < -0.3 is 10.3 Å². The van der Waals surface area contributed by atoms with E-state index in [1.54, 1.807) is 17.5 Å². The molecule has 5 rings (SSSR count). The molecular weight excluding hydrogens is 386 g/mol. The Kier molecular flexibility index (Phi) is 4.10. The van der Waals surface area contributed by atoms with Crippen LogP contribution in [0.15, 0.2) is 35.8 Å². The Morgan fingerprint density at radius 3 is 2.97 bits per heavy atom. The van der Waals surface area contributed by atoms with Crippen LogP contribution in [0.3, 0.4) is 0 Å². The molecule has 2 aromatic heterocycles. The second kappa shape index (κ2) is 6.56. The van der Waals surface area contributed by atoms with Crippen molar-refractivity contribution in [2.45, 2.75) is 38.1 Å². The number of para-hydroxylation sites is 1. The van der Waals surface area contributed by atoms with Gasteiger partial charge in [0.1, 0.15) is 5.54 Å². The van der Waals surface area contributed by atoms with E-state index in [0.29, 0.717) is 12.0 Å². The molecule has 7 heteroatoms. The largest absolute Gasteiger partial charge is 0.360 e. The zero-order chi connectivity index (χ0) is 20.2. The Morgan fingerprint density at radius 1 is 1.28 bits per heavy atom. The third-order valence-electron chi connectivity index (χ3n) is 6.12. The minimum Gasteiger partial charge on any atom is -0.360 e. The fourth-order valence-electron chi connectivity index (χ4n) is 4.66. The van der Waals surface area contributed by atoms with Gasteiger partial charge in [0, 0.05) is 33.1 Å². The van der Waals surface area contributed by atoms with E-state index in [0.717, 1.165) is 51.1 Å². The number of rotatable bonds is 4. The number of H-pyrrole nitrogens is 1. The van der Waals surface area contributed by atoms with Gasteiger partial charge >= 0.3 is 6.03 Å². The molecule has 1 atom stereocenters. The van der Waals surface area contributed by atoms with Gasteiger partial charge in [-0.15, -0.1) is 11.3 Å². The average Bonchev–Trinajstić information content (AvgIpc) is 3.42. The number of hydrogen-bond donors (Lipinski definition) is 2. The Balaban J connectivity index is 1.46. The SMILES string of the molecule is CCc1cccc2c(C(=O)CN3C(=O)NC4(CCCc5sccc54)C3=O)c[nH]c12. The lowest BCUT2D eigenvalue weighted by atomic mass is 9.80. The van der Waals surface area contributed by atoms with Gasteiger partial charge in [-0.25, -0.2) is 4.79 Å². The van der Waals surface area contributed by atoms with Gasteiger partial charge in [0.2, 0.25) is 0 Å². The second-order valence-electron chi connectivity index (χ2n) is 7.66. The Bertz CT molecular complexity index is 1160. The molecule has 0 bridgehead atoms. The number of nitrogens with one attached hydrogen (secondary N) is 2. The molecule has 3 heterocycles. The van der Waals surface area contributed by atoms with Gasteiger partial charge in [-0.3, -0.25) is 14.5 Å². The van der Waals surface area contributed by atoms with Crippen LogP contribution in [0.25, 0.3) is 10.9 Å². The first kappa shape index (κ1) is 18.1. The minimum absolute atomic E-state index is 0.244. The summed E-state index contributed by atoms with van der Waals surface area (Å²) >= 11 is 1.61. The monoisotopic (exact) mass is 407 g/mol. The van der Waals surface area contributed by atoms with E-state index >= 15 is 0 Å². The number of aromatic amines is 1. The Hall–Kier alpha value is -2.93. The Morgan fingerprint density at radius 2 is 2.14 bits per heavy atom. The average molecular weight is 407 g/mol. The highest BCUT2D eigenvalue weighted by molar-refractivity contribution is 7.10. The lowest BCUT2D eigenvalue weighted by molar-refractivity contribution is -0.131. The fourth-order valence-corrected chi connectivity index (χ4v) is 5.66. The van der Waals surface area contributed by atoms with Crippen molar-refractivity contribution in [3.8, 4) is 0 Å². The van der Waals surface area contributed by atoms with Crippen LogP contribution in [-0.2, 0) is 23.2 Å². The number of Topliss-reactive ketones (excluding diaryl/α,β-unsaturated/α-hetero) is 1. The quantitative estimate of drug-likeness (QED) is 0.510. The van der Waals surface area contributed by atoms with E-state index in [4.69, 9.17) is 0 Å². The highest BCUT2D eigenvalue weighted by atomic mass is 32.1. The molecule has 1 aliphatic heterocycles. The molecule has 2 aliphatic rings. The number of carbonyl (C=O) groups is 3. The van der Waals surface area contributed by atoms with Crippen molar-refractivity contribution in [2.24, 2.45) is 0 Å². The second-order valence-corrected chi connectivity index (χ2v) is 8.66. The van der Waals surface area contributed by atoms with Gasteiger partial charge in [0.15, 0.2) is 5.78 Å². The molecule has 29 heavy (non-hydrogen) atoms. The van der Waals surface area contributed by atoms with Crippen LogP contribution in [0.2, 0.25) is 0 Å². The molecule has 1 aromatic carbocycles. The first-order chi connectivity index (χ1) is 14.0. The number of hydrogen-bond acceptors (Lipinski definition) is 4. The topological polar surface area (TPSA) is 82.3 Å². The summed E-state index contributed by atoms with van der Waals surface area (Å²) in [7, 11) is 0. The number of fused-ring (bicyclic) bond motifs is 3. The van der Waals surface area contributed by atoms with E-state index < -0.39 is 11.6 Å². The number of benzene rings is 1. The van der Waals surface area contributed by atoms with E-state index in [9.17, 15) is 14.4 Å². The predicted octanol–water partition coefficient (Wildman–Crippen LogP) is 3.76. The number of aromatic nitrogens is 1. The summed E-state index contributed by atoms with van der Waals surface area (Å²) < 4.78 is 0. The van der Waals surface area contributed by atoms with Crippen molar-refractivity contribution in [1.82, 2.24) is 15.2 Å². The van der Waals surface area contributed by atoms with Crippen molar-refractivity contribution >= 4 is 40.0 Å². The van der Waals surface area contributed by atoms with E-state index in [1.165, 1.54) is 0 Å². The molecule has 1 aliphatic carbocycles. The number of ketones is 1. The van der Waals surface area contributed by atoms with Crippen molar-refractivity contribution in [3.05, 3.63) is 57.4 Å². The highest BCUT2D eigenvalue weighted by Crippen LogP contribution is 2.42. The molecule has 148 valence electrons. The third kappa shape index (κ3) is 2.57. The molecule has 1 saturated heterocycles. The smallest absolute Gasteiger partial charge is 0.325 e. The predicted molar refractivity (Wildman–Crippen MR) is 111 cm³/mol. The lowest BCUT2D eigenvalue weighted by Gasteiger charge is -2.31. The Labute approximate surface area is 171 Å². The van der Waals surface area contributed by atoms with Crippen molar-refractivity contribution in [3.63, 3.8) is 0 Å². The standard InChI is InChI=1S/C22H21N3O3S/c1-2-13-5-3-6-14-15(11-23-19(13)14)17(26)12-25-20(27)22(24-21(25)28)9-4-7-18-16(22)8-10-29-18/h3,5-6,8,10-11,23H,2,4,7,9,12H2,1H3,(H,24,28). The number of nitrogens with zero attached hydrogens (tertiary/aromatic N) is 1. The summed E-state index contributed by atoms with van der Waals surface area (Å²) in [6, 6.07) is 7.28. The van der Waals surface area contributed by atoms with Gasteiger partial charge in [-0.2, -0.15) is 0 Å². The highest BCUT2D eigenvalue weighted by Gasteiger charge is 2.54. The van der Waals surface area contributed by atoms with Gasteiger partial charge in [0.25, 0.3) is 5.91 Å². The fraction of sp³-hybridized carbons (Fsp3) is 0.318. The van der Waals surface area contributed by atoms with Gasteiger partial charge in [-0.05, 0) is 42.7 Å². The van der Waals surface area contributed by atoms with Gasteiger partial charge in [-0.1, -0.05) is 25.1 Å². The number of aryl methyl sites for hydroxylation is 2. The first-order valence-corrected chi connectivity index (χ1v) is 10.8. The van der Waals surface area contributed by atoms with Gasteiger partial charge in [0.05, 0.1) is 6.54 Å². The van der Waals surface area contributed by atoms with Crippen molar-refractivity contribution in [1.29, 1.82) is 0 Å². The van der Waals surface area contributed by atoms with Crippen LogP contribution < -0.4 is 5.32 Å². The molecule has 0 saturated carbocycles. The number of urea groups is 1. The molecular formula is C22H21N3O3S. The molecule has 6 nitrogen and oxygen atoms in total. The van der Waals surface area contributed by atoms with Crippen molar-refractivity contribution in [2.75, 3.05) is 6.54 Å². The van der Waals surface area contributed by atoms with Crippen LogP contribution in [0.1, 0.15) is 46.1 Å². The molecule has 1 unspecified atom stereocenters. The van der Waals surface area contributed by atoms with Crippen molar-refractivity contribution < 1.29 is 14.4 Å². The molecule has 0 radical (unpaired) electrons. The molecule has 3 aromatic rings. The maximum absolute atomic E-state index is 13.3. The summed E-state index contributed by atoms with van der Waals surface area (Å²) in [5.41, 5.74) is 2.45. The summed E-state index contributed by atoms with van der Waals surface area (Å²) in [5, 5.41) is 5.69. The summed E-state index contributed by atoms with van der Waals surface area (Å²) in [4.78, 5) is 44.4. The number of carbonyl (C=O) groups excluding carboxylic acids is 3. The zero-order valence-corrected chi connectivity index (χ0v) is 16.9. The third-order valence-corrected chi connectivity index (χ3v) is 7.10. The van der Waals surface area contributed by atoms with Crippen LogP contribution in [0, 0.1) is 0 Å². The van der Waals surface area contributed by atoms with E-state index in [-0.39, 0.29) is 18.2 Å². The van der Waals surface area contributed by atoms with E-state index in [2.05, 4.69) is 17.2 Å². The zero-order valence-electron chi connectivity index (χ0n) is 16.1. The maximum Gasteiger partial charge on any atom is 0.325 e.